The lowest BCUT2D eigenvalue weighted by atomic mass is 9.89. The second-order valence-electron chi connectivity index (χ2n) is 4.93. The molecule has 2 heteroatoms. The Bertz CT molecular complexity index is 369. The first-order chi connectivity index (χ1) is 7.88. The van der Waals surface area contributed by atoms with Crippen molar-refractivity contribution in [3.63, 3.8) is 0 Å². The lowest BCUT2D eigenvalue weighted by molar-refractivity contribution is 0.299. The van der Waals surface area contributed by atoms with Crippen molar-refractivity contribution in [2.45, 2.75) is 32.1 Å². The van der Waals surface area contributed by atoms with E-state index in [4.69, 9.17) is 5.11 Å². The minimum absolute atomic E-state index is 0.266. The first-order valence-corrected chi connectivity index (χ1v) is 6.39. The Kier molecular flexibility index (Phi) is 2.60. The zero-order valence-electron chi connectivity index (χ0n) is 9.71. The van der Waals surface area contributed by atoms with Gasteiger partial charge in [-0.05, 0) is 48.8 Å². The Morgan fingerprint density at radius 3 is 2.25 bits per heavy atom. The number of aryl methyl sites for hydroxylation is 2. The second-order valence-corrected chi connectivity index (χ2v) is 4.93. The lowest BCUT2D eigenvalue weighted by Crippen LogP contribution is -2.34. The average molecular weight is 217 g/mol. The van der Waals surface area contributed by atoms with E-state index in [9.17, 15) is 0 Å². The average Bonchev–Trinajstić information content (AvgIpc) is 2.30. The summed E-state index contributed by atoms with van der Waals surface area (Å²) in [5.41, 5.74) is 5.89. The van der Waals surface area contributed by atoms with Gasteiger partial charge in [-0.15, -0.1) is 0 Å². The highest BCUT2D eigenvalue weighted by molar-refractivity contribution is 5.64. The molecule has 0 unspecified atom stereocenters. The van der Waals surface area contributed by atoms with E-state index in [1.165, 1.54) is 61.2 Å². The summed E-state index contributed by atoms with van der Waals surface area (Å²) in [6.07, 6.45) is 5.82. The van der Waals surface area contributed by atoms with Crippen LogP contribution in [0, 0.1) is 0 Å². The highest BCUT2D eigenvalue weighted by Gasteiger charge is 2.23. The van der Waals surface area contributed by atoms with E-state index in [1.54, 1.807) is 0 Å². The molecule has 3 rings (SSSR count). The SMILES string of the molecule is OCCc1cc2c3c(c1)CCCN3CCC2. The van der Waals surface area contributed by atoms with Crippen molar-refractivity contribution in [2.24, 2.45) is 0 Å². The fourth-order valence-corrected chi connectivity index (χ4v) is 3.15. The summed E-state index contributed by atoms with van der Waals surface area (Å²) in [7, 11) is 0. The Labute approximate surface area is 96.9 Å². The molecule has 0 aromatic heterocycles. The van der Waals surface area contributed by atoms with Crippen LogP contribution in [0.5, 0.6) is 0 Å². The van der Waals surface area contributed by atoms with Gasteiger partial charge in [0.2, 0.25) is 0 Å². The van der Waals surface area contributed by atoms with E-state index in [0.717, 1.165) is 6.42 Å². The van der Waals surface area contributed by atoms with Crippen LogP contribution in [0.1, 0.15) is 29.5 Å². The third-order valence-corrected chi connectivity index (χ3v) is 3.79. The predicted octanol–water partition coefficient (Wildman–Crippen LogP) is 1.92. The molecule has 2 aliphatic rings. The predicted molar refractivity (Wildman–Crippen MR) is 66.1 cm³/mol. The van der Waals surface area contributed by atoms with Crippen LogP contribution >= 0.6 is 0 Å². The van der Waals surface area contributed by atoms with Gasteiger partial charge in [0.05, 0.1) is 0 Å². The maximum Gasteiger partial charge on any atom is 0.0471 e. The fourth-order valence-electron chi connectivity index (χ4n) is 3.15. The van der Waals surface area contributed by atoms with Gasteiger partial charge in [0.25, 0.3) is 0 Å². The number of nitrogens with zero attached hydrogens (tertiary/aromatic N) is 1. The maximum atomic E-state index is 9.04. The third kappa shape index (κ3) is 1.61. The van der Waals surface area contributed by atoms with E-state index < -0.39 is 0 Å². The largest absolute Gasteiger partial charge is 0.396 e. The van der Waals surface area contributed by atoms with Crippen LogP contribution < -0.4 is 4.90 Å². The van der Waals surface area contributed by atoms with Crippen LogP contribution in [0.4, 0.5) is 5.69 Å². The van der Waals surface area contributed by atoms with Gasteiger partial charge in [-0.1, -0.05) is 12.1 Å². The van der Waals surface area contributed by atoms with Crippen LogP contribution in [0.15, 0.2) is 12.1 Å². The molecule has 0 aliphatic carbocycles. The minimum atomic E-state index is 0.266. The Morgan fingerprint density at radius 2 is 1.69 bits per heavy atom. The van der Waals surface area contributed by atoms with Crippen LogP contribution in [0.2, 0.25) is 0 Å². The molecule has 1 aromatic carbocycles. The molecule has 0 atom stereocenters. The molecular formula is C14H19NO. The summed E-state index contributed by atoms with van der Waals surface area (Å²) in [4.78, 5) is 2.56. The van der Waals surface area contributed by atoms with Crippen LogP contribution in [-0.4, -0.2) is 24.8 Å². The topological polar surface area (TPSA) is 23.5 Å². The van der Waals surface area contributed by atoms with Crippen molar-refractivity contribution in [1.29, 1.82) is 0 Å². The van der Waals surface area contributed by atoms with Crippen molar-refractivity contribution < 1.29 is 5.11 Å². The number of rotatable bonds is 2. The zero-order valence-corrected chi connectivity index (χ0v) is 9.71. The molecule has 1 aromatic rings. The molecule has 0 fully saturated rings. The Balaban J connectivity index is 2.06. The van der Waals surface area contributed by atoms with Crippen molar-refractivity contribution in [1.82, 2.24) is 0 Å². The van der Waals surface area contributed by atoms with Gasteiger partial charge in [0.1, 0.15) is 0 Å². The summed E-state index contributed by atoms with van der Waals surface area (Å²) < 4.78 is 0. The molecule has 16 heavy (non-hydrogen) atoms. The monoisotopic (exact) mass is 217 g/mol. The van der Waals surface area contributed by atoms with E-state index in [-0.39, 0.29) is 6.61 Å². The van der Waals surface area contributed by atoms with E-state index in [1.807, 2.05) is 0 Å². The van der Waals surface area contributed by atoms with Gasteiger partial charge in [-0.3, -0.25) is 0 Å². The number of hydrogen-bond acceptors (Lipinski definition) is 2. The van der Waals surface area contributed by atoms with Crippen LogP contribution in [0.25, 0.3) is 0 Å². The first-order valence-electron chi connectivity index (χ1n) is 6.39. The molecule has 2 heterocycles. The maximum absolute atomic E-state index is 9.04. The van der Waals surface area contributed by atoms with Crippen molar-refractivity contribution in [3.8, 4) is 0 Å². The van der Waals surface area contributed by atoms with E-state index >= 15 is 0 Å². The fraction of sp³-hybridized carbons (Fsp3) is 0.571. The number of benzene rings is 1. The third-order valence-electron chi connectivity index (χ3n) is 3.79. The molecule has 0 saturated carbocycles. The number of aliphatic hydroxyl groups excluding tert-OH is 1. The quantitative estimate of drug-likeness (QED) is 0.818. The molecule has 0 saturated heterocycles. The van der Waals surface area contributed by atoms with Crippen LogP contribution in [0.3, 0.4) is 0 Å². The Morgan fingerprint density at radius 1 is 1.06 bits per heavy atom. The molecular weight excluding hydrogens is 198 g/mol. The summed E-state index contributed by atoms with van der Waals surface area (Å²) in [6, 6.07) is 4.62. The highest BCUT2D eigenvalue weighted by Crippen LogP contribution is 2.36. The summed E-state index contributed by atoms with van der Waals surface area (Å²) in [6.45, 7) is 2.74. The smallest absolute Gasteiger partial charge is 0.0471 e. The van der Waals surface area contributed by atoms with Gasteiger partial charge >= 0.3 is 0 Å². The summed E-state index contributed by atoms with van der Waals surface area (Å²) >= 11 is 0. The van der Waals surface area contributed by atoms with Gasteiger partial charge in [-0.25, -0.2) is 0 Å². The molecule has 2 aliphatic heterocycles. The second kappa shape index (κ2) is 4.10. The first kappa shape index (κ1) is 10.2. The van der Waals surface area contributed by atoms with Crippen molar-refractivity contribution in [2.75, 3.05) is 24.6 Å². The summed E-state index contributed by atoms with van der Waals surface area (Å²) in [5.74, 6) is 0. The molecule has 0 radical (unpaired) electrons. The molecule has 0 spiro atoms. The van der Waals surface area contributed by atoms with Crippen LogP contribution in [-0.2, 0) is 19.3 Å². The standard InChI is InChI=1S/C14H19NO/c16-8-5-11-9-12-3-1-6-15-7-2-4-13(10-11)14(12)15/h9-10,16H,1-8H2. The number of aliphatic hydroxyl groups is 1. The summed E-state index contributed by atoms with van der Waals surface area (Å²) in [5, 5.41) is 9.04. The lowest BCUT2D eigenvalue weighted by Gasteiger charge is -2.37. The zero-order chi connectivity index (χ0) is 11.0. The highest BCUT2D eigenvalue weighted by atomic mass is 16.2. The van der Waals surface area contributed by atoms with Gasteiger partial charge in [0.15, 0.2) is 0 Å². The van der Waals surface area contributed by atoms with Gasteiger partial charge < -0.3 is 10.0 Å². The number of anilines is 1. The normalized spacial score (nSPS) is 18.4. The van der Waals surface area contributed by atoms with E-state index in [0.29, 0.717) is 0 Å². The Hall–Kier alpha value is -1.02. The van der Waals surface area contributed by atoms with E-state index in [2.05, 4.69) is 17.0 Å². The molecule has 2 nitrogen and oxygen atoms in total. The van der Waals surface area contributed by atoms with Gasteiger partial charge in [-0.2, -0.15) is 0 Å². The molecule has 86 valence electrons. The molecule has 1 N–H and O–H groups in total. The van der Waals surface area contributed by atoms with Gasteiger partial charge in [0, 0.05) is 25.4 Å². The molecule has 0 bridgehead atoms. The van der Waals surface area contributed by atoms with Crippen molar-refractivity contribution in [3.05, 3.63) is 28.8 Å². The van der Waals surface area contributed by atoms with Crippen molar-refractivity contribution >= 4 is 5.69 Å². The number of hydrogen-bond donors (Lipinski definition) is 1. The molecule has 0 amide bonds. The minimum Gasteiger partial charge on any atom is -0.396 e.